The van der Waals surface area contributed by atoms with Crippen molar-refractivity contribution in [2.75, 3.05) is 26.7 Å². The zero-order valence-electron chi connectivity index (χ0n) is 10.6. The van der Waals surface area contributed by atoms with Crippen molar-refractivity contribution in [2.45, 2.75) is 26.3 Å². The van der Waals surface area contributed by atoms with Gasteiger partial charge in [0.2, 0.25) is 5.91 Å². The van der Waals surface area contributed by atoms with Gasteiger partial charge in [0.05, 0.1) is 13.2 Å². The van der Waals surface area contributed by atoms with Crippen LogP contribution in [0.2, 0.25) is 0 Å². The second kappa shape index (κ2) is 8.03. The largest absolute Gasteiger partial charge is 0.480 e. The third kappa shape index (κ3) is 6.23. The molecule has 0 aliphatic carbocycles. The topological polar surface area (TPSA) is 89.9 Å². The van der Waals surface area contributed by atoms with Crippen LogP contribution >= 0.6 is 0 Å². The number of hydrogen-bond donors (Lipinski definition) is 3. The summed E-state index contributed by atoms with van der Waals surface area (Å²) < 4.78 is 0. The maximum atomic E-state index is 11.6. The van der Waals surface area contributed by atoms with Gasteiger partial charge in [-0.1, -0.05) is 20.3 Å². The molecule has 0 saturated heterocycles. The number of aliphatic hydroxyl groups is 1. The molecule has 0 aliphatic rings. The first-order valence-electron chi connectivity index (χ1n) is 5.73. The number of nitrogens with one attached hydrogen (secondary N) is 1. The van der Waals surface area contributed by atoms with Crippen molar-refractivity contribution < 1.29 is 19.8 Å². The molecule has 17 heavy (non-hydrogen) atoms. The first kappa shape index (κ1) is 15.9. The molecular formula is C11H22N2O4. The van der Waals surface area contributed by atoms with Crippen LogP contribution in [0.1, 0.15) is 20.3 Å². The Labute approximate surface area is 102 Å². The zero-order chi connectivity index (χ0) is 13.4. The maximum Gasteiger partial charge on any atom is 0.326 e. The monoisotopic (exact) mass is 246 g/mol. The van der Waals surface area contributed by atoms with Crippen molar-refractivity contribution in [3.63, 3.8) is 0 Å². The molecule has 0 aromatic carbocycles. The molecule has 0 radical (unpaired) electrons. The van der Waals surface area contributed by atoms with Gasteiger partial charge in [-0.05, 0) is 13.0 Å². The van der Waals surface area contributed by atoms with Gasteiger partial charge in [-0.25, -0.2) is 4.79 Å². The number of carboxylic acid groups (broad SMARTS) is 1. The molecule has 0 fully saturated rings. The Morgan fingerprint density at radius 1 is 1.41 bits per heavy atom. The van der Waals surface area contributed by atoms with E-state index in [1.807, 2.05) is 6.92 Å². The summed E-state index contributed by atoms with van der Waals surface area (Å²) in [4.78, 5) is 24.2. The number of hydrogen-bond acceptors (Lipinski definition) is 4. The van der Waals surface area contributed by atoms with Crippen molar-refractivity contribution in [1.82, 2.24) is 10.2 Å². The van der Waals surface area contributed by atoms with E-state index in [-0.39, 0.29) is 25.0 Å². The quantitative estimate of drug-likeness (QED) is 0.538. The maximum absolute atomic E-state index is 11.6. The molecule has 0 heterocycles. The first-order valence-corrected chi connectivity index (χ1v) is 5.73. The molecule has 0 aromatic rings. The van der Waals surface area contributed by atoms with E-state index in [4.69, 9.17) is 10.2 Å². The highest BCUT2D eigenvalue weighted by Crippen LogP contribution is 2.07. The number of aliphatic hydroxyl groups excluding tert-OH is 1. The average molecular weight is 246 g/mol. The van der Waals surface area contributed by atoms with Gasteiger partial charge in [-0.15, -0.1) is 0 Å². The lowest BCUT2D eigenvalue weighted by molar-refractivity contribution is -0.143. The molecular weight excluding hydrogens is 224 g/mol. The van der Waals surface area contributed by atoms with E-state index in [2.05, 4.69) is 5.32 Å². The minimum absolute atomic E-state index is 0.0303. The summed E-state index contributed by atoms with van der Waals surface area (Å²) in [6.07, 6.45) is 0.684. The number of carbonyl (C=O) groups excluding carboxylic acids is 1. The fraction of sp³-hybridized carbons (Fsp3) is 0.818. The van der Waals surface area contributed by atoms with Gasteiger partial charge >= 0.3 is 5.97 Å². The number of amides is 1. The molecule has 0 saturated carbocycles. The molecule has 0 aliphatic heterocycles. The van der Waals surface area contributed by atoms with Gasteiger partial charge in [0.25, 0.3) is 0 Å². The average Bonchev–Trinajstić information content (AvgIpc) is 2.24. The predicted molar refractivity (Wildman–Crippen MR) is 63.6 cm³/mol. The Morgan fingerprint density at radius 2 is 2.00 bits per heavy atom. The van der Waals surface area contributed by atoms with Crippen molar-refractivity contribution in [3.05, 3.63) is 0 Å². The summed E-state index contributed by atoms with van der Waals surface area (Å²) >= 11 is 0. The third-order valence-corrected chi connectivity index (χ3v) is 2.69. The number of rotatable bonds is 8. The minimum atomic E-state index is -1.02. The van der Waals surface area contributed by atoms with Gasteiger partial charge in [0.1, 0.15) is 6.04 Å². The molecule has 3 N–H and O–H groups in total. The molecule has 6 nitrogen and oxygen atoms in total. The summed E-state index contributed by atoms with van der Waals surface area (Å²) in [5, 5.41) is 20.2. The van der Waals surface area contributed by atoms with Gasteiger partial charge in [0, 0.05) is 6.54 Å². The zero-order valence-corrected chi connectivity index (χ0v) is 10.6. The van der Waals surface area contributed by atoms with E-state index < -0.39 is 12.0 Å². The van der Waals surface area contributed by atoms with Crippen molar-refractivity contribution >= 4 is 11.9 Å². The summed E-state index contributed by atoms with van der Waals surface area (Å²) in [7, 11) is 1.69. The summed E-state index contributed by atoms with van der Waals surface area (Å²) in [6, 6.07) is -0.852. The number of nitrogens with zero attached hydrogens (tertiary/aromatic N) is 1. The highest BCUT2D eigenvalue weighted by molar-refractivity contribution is 5.84. The van der Waals surface area contributed by atoms with Gasteiger partial charge in [-0.2, -0.15) is 0 Å². The van der Waals surface area contributed by atoms with Crippen LogP contribution in [0.4, 0.5) is 0 Å². The highest BCUT2D eigenvalue weighted by atomic mass is 16.4. The van der Waals surface area contributed by atoms with E-state index in [0.29, 0.717) is 13.0 Å². The van der Waals surface area contributed by atoms with E-state index in [0.717, 1.165) is 0 Å². The highest BCUT2D eigenvalue weighted by Gasteiger charge is 2.25. The lowest BCUT2D eigenvalue weighted by atomic mass is 9.99. The van der Waals surface area contributed by atoms with Crippen LogP contribution in [0, 0.1) is 5.92 Å². The lowest BCUT2D eigenvalue weighted by Crippen LogP contribution is -2.48. The van der Waals surface area contributed by atoms with E-state index >= 15 is 0 Å². The summed E-state index contributed by atoms with van der Waals surface area (Å²) in [5.74, 6) is -1.47. The van der Waals surface area contributed by atoms with Gasteiger partial charge in [-0.3, -0.25) is 9.69 Å². The normalized spacial score (nSPS) is 14.4. The number of carbonyl (C=O) groups is 2. The van der Waals surface area contributed by atoms with E-state index in [1.54, 1.807) is 18.9 Å². The standard InChI is InChI=1S/C11H22N2O4/c1-4-8(2)10(11(16)17)12-9(15)7-13(3)5-6-14/h8,10,14H,4-7H2,1-3H3,(H,12,15)(H,16,17). The number of likely N-dealkylation sites (N-methyl/N-ethyl adjacent to an activating group) is 1. The Balaban J connectivity index is 4.27. The molecule has 0 aromatic heterocycles. The molecule has 0 rings (SSSR count). The third-order valence-electron chi connectivity index (χ3n) is 2.69. The lowest BCUT2D eigenvalue weighted by Gasteiger charge is -2.22. The van der Waals surface area contributed by atoms with Crippen LogP contribution in [-0.2, 0) is 9.59 Å². The van der Waals surface area contributed by atoms with Crippen molar-refractivity contribution in [3.8, 4) is 0 Å². The molecule has 2 unspecified atom stereocenters. The molecule has 6 heteroatoms. The second-order valence-electron chi connectivity index (χ2n) is 4.23. The Bertz CT molecular complexity index is 258. The molecule has 0 bridgehead atoms. The Hall–Kier alpha value is -1.14. The van der Waals surface area contributed by atoms with E-state index in [1.165, 1.54) is 0 Å². The summed E-state index contributed by atoms with van der Waals surface area (Å²) in [6.45, 7) is 4.11. The smallest absolute Gasteiger partial charge is 0.326 e. The Morgan fingerprint density at radius 3 is 2.41 bits per heavy atom. The van der Waals surface area contributed by atoms with Gasteiger partial charge in [0.15, 0.2) is 0 Å². The van der Waals surface area contributed by atoms with E-state index in [9.17, 15) is 9.59 Å². The number of aliphatic carboxylic acids is 1. The fourth-order valence-electron chi connectivity index (χ4n) is 1.40. The van der Waals surface area contributed by atoms with Crippen LogP contribution in [-0.4, -0.2) is 59.8 Å². The summed E-state index contributed by atoms with van der Waals surface area (Å²) in [5.41, 5.74) is 0. The van der Waals surface area contributed by atoms with Crippen LogP contribution in [0.15, 0.2) is 0 Å². The van der Waals surface area contributed by atoms with Gasteiger partial charge < -0.3 is 15.5 Å². The van der Waals surface area contributed by atoms with Crippen molar-refractivity contribution in [1.29, 1.82) is 0 Å². The van der Waals surface area contributed by atoms with Crippen LogP contribution in [0.5, 0.6) is 0 Å². The van der Waals surface area contributed by atoms with Crippen LogP contribution in [0.3, 0.4) is 0 Å². The molecule has 0 spiro atoms. The van der Waals surface area contributed by atoms with Crippen LogP contribution in [0.25, 0.3) is 0 Å². The number of carboxylic acids is 1. The molecule has 100 valence electrons. The minimum Gasteiger partial charge on any atom is -0.480 e. The first-order chi connectivity index (χ1) is 7.92. The molecule has 2 atom stereocenters. The van der Waals surface area contributed by atoms with Crippen LogP contribution < -0.4 is 5.32 Å². The predicted octanol–water partition coefficient (Wildman–Crippen LogP) is -0.474. The fourth-order valence-corrected chi connectivity index (χ4v) is 1.40. The van der Waals surface area contributed by atoms with Crippen molar-refractivity contribution in [2.24, 2.45) is 5.92 Å². The SMILES string of the molecule is CCC(C)C(NC(=O)CN(C)CCO)C(=O)O. The Kier molecular flexibility index (Phi) is 7.49. The molecule has 1 amide bonds. The second-order valence-corrected chi connectivity index (χ2v) is 4.23.